The maximum atomic E-state index is 14.6. The Labute approximate surface area is 192 Å². The van der Waals surface area contributed by atoms with Crippen LogP contribution in [0.4, 0.5) is 14.7 Å². The molecule has 3 N–H and O–H groups in total. The third kappa shape index (κ3) is 6.92. The largest absolute Gasteiger partial charge is 0.339 e. The molecule has 0 unspecified atom stereocenters. The zero-order valence-electron chi connectivity index (χ0n) is 18.5. The molecule has 0 bridgehead atoms. The first kappa shape index (κ1) is 24.0. The van der Waals surface area contributed by atoms with Gasteiger partial charge < -0.3 is 16.0 Å². The van der Waals surface area contributed by atoms with Gasteiger partial charge >= 0.3 is 0 Å². The van der Waals surface area contributed by atoms with Crippen LogP contribution in [0.15, 0.2) is 73.1 Å². The van der Waals surface area contributed by atoms with Crippen LogP contribution < -0.4 is 16.0 Å². The molecule has 3 rings (SSSR count). The van der Waals surface area contributed by atoms with Gasteiger partial charge in [-0.15, -0.1) is 0 Å². The summed E-state index contributed by atoms with van der Waals surface area (Å²) in [6.45, 7) is 7.74. The number of nitrogens with one attached hydrogen (secondary N) is 3. The molecule has 1 amide bonds. The minimum absolute atomic E-state index is 0.0744. The number of hydrogen-bond acceptors (Lipinski definition) is 5. The molecule has 1 saturated carbocycles. The van der Waals surface area contributed by atoms with E-state index in [-0.39, 0.29) is 29.4 Å². The molecule has 8 heteroatoms. The lowest BCUT2D eigenvalue weighted by Crippen LogP contribution is -2.32. The monoisotopic (exact) mass is 451 g/mol. The van der Waals surface area contributed by atoms with E-state index in [9.17, 15) is 13.6 Å². The maximum Gasteiger partial charge on any atom is 0.255 e. The Morgan fingerprint density at radius 2 is 2.03 bits per heavy atom. The van der Waals surface area contributed by atoms with Crippen LogP contribution in [0.3, 0.4) is 0 Å². The van der Waals surface area contributed by atoms with Crippen LogP contribution in [0.25, 0.3) is 11.3 Å². The smallest absolute Gasteiger partial charge is 0.255 e. The summed E-state index contributed by atoms with van der Waals surface area (Å²) in [5.41, 5.74) is 1.46. The van der Waals surface area contributed by atoms with E-state index in [2.05, 4.69) is 39.1 Å². The molecule has 1 aromatic heterocycles. The van der Waals surface area contributed by atoms with E-state index in [1.54, 1.807) is 19.2 Å². The molecule has 1 heterocycles. The second-order valence-corrected chi connectivity index (χ2v) is 7.70. The number of anilines is 1. The third-order valence-electron chi connectivity index (χ3n) is 5.02. The van der Waals surface area contributed by atoms with Gasteiger partial charge in [0.15, 0.2) is 5.82 Å². The number of nitrogens with zero attached hydrogens (tertiary/aromatic N) is 2. The Balaban J connectivity index is 1.84. The predicted octanol–water partition coefficient (Wildman–Crippen LogP) is 4.72. The van der Waals surface area contributed by atoms with Gasteiger partial charge in [0.25, 0.3) is 5.91 Å². The standard InChI is InChI=1S/C25H27F2N5O/c1-4-16(2)5-10-19(11-8-17-6-7-17)31-25-29-14-22(27)23(32-25)18-9-12-20(21(26)13-18)24(33)30-15-28-3/h4-5,9-14,17,28H,1-2,6-8,15H2,3H3,(H,30,33)(H,29,31,32)/b10-5-,19-11+. The predicted molar refractivity (Wildman–Crippen MR) is 126 cm³/mol. The summed E-state index contributed by atoms with van der Waals surface area (Å²) >= 11 is 0. The summed E-state index contributed by atoms with van der Waals surface area (Å²) in [5.74, 6) is -1.21. The van der Waals surface area contributed by atoms with Crippen LogP contribution in [0.5, 0.6) is 0 Å². The maximum absolute atomic E-state index is 14.6. The van der Waals surface area contributed by atoms with Gasteiger partial charge in [0.1, 0.15) is 11.5 Å². The highest BCUT2D eigenvalue weighted by atomic mass is 19.1. The number of amides is 1. The molecule has 0 spiro atoms. The van der Waals surface area contributed by atoms with Gasteiger partial charge in [0, 0.05) is 11.3 Å². The first-order chi connectivity index (χ1) is 15.9. The van der Waals surface area contributed by atoms with Crippen molar-refractivity contribution in [2.24, 2.45) is 5.92 Å². The molecule has 2 aromatic rings. The van der Waals surface area contributed by atoms with Crippen LogP contribution >= 0.6 is 0 Å². The first-order valence-electron chi connectivity index (χ1n) is 10.6. The summed E-state index contributed by atoms with van der Waals surface area (Å²) in [7, 11) is 1.65. The molecule has 0 atom stereocenters. The van der Waals surface area contributed by atoms with Crippen molar-refractivity contribution in [3.05, 3.63) is 90.3 Å². The second-order valence-electron chi connectivity index (χ2n) is 7.70. The van der Waals surface area contributed by atoms with Crippen LogP contribution in [0.2, 0.25) is 0 Å². The second kappa shape index (κ2) is 11.3. The third-order valence-corrected chi connectivity index (χ3v) is 5.02. The fourth-order valence-electron chi connectivity index (χ4n) is 2.94. The lowest BCUT2D eigenvalue weighted by molar-refractivity contribution is 0.0947. The Kier molecular flexibility index (Phi) is 8.21. The molecule has 1 fully saturated rings. The van der Waals surface area contributed by atoms with Crippen molar-refractivity contribution >= 4 is 11.9 Å². The van der Waals surface area contributed by atoms with E-state index in [0.717, 1.165) is 30.0 Å². The highest BCUT2D eigenvalue weighted by Gasteiger charge is 2.20. The molecular formula is C25H27F2N5O. The number of rotatable bonds is 11. The molecular weight excluding hydrogens is 424 g/mol. The number of benzene rings is 1. The quantitative estimate of drug-likeness (QED) is 0.340. The summed E-state index contributed by atoms with van der Waals surface area (Å²) in [5, 5.41) is 8.35. The number of hydrogen-bond donors (Lipinski definition) is 3. The fraction of sp³-hybridized carbons (Fsp3) is 0.240. The Bertz CT molecular complexity index is 1110. The van der Waals surface area contributed by atoms with Crippen LogP contribution in [0.1, 0.15) is 29.6 Å². The minimum Gasteiger partial charge on any atom is -0.339 e. The van der Waals surface area contributed by atoms with E-state index >= 15 is 0 Å². The van der Waals surface area contributed by atoms with E-state index in [0.29, 0.717) is 5.92 Å². The number of allylic oxidation sites excluding steroid dienone is 5. The van der Waals surface area contributed by atoms with E-state index in [1.165, 1.54) is 25.0 Å². The van der Waals surface area contributed by atoms with Gasteiger partial charge in [-0.05, 0) is 56.0 Å². The van der Waals surface area contributed by atoms with E-state index in [1.807, 2.05) is 12.2 Å². The summed E-state index contributed by atoms with van der Waals surface area (Å²) in [6, 6.07) is 3.83. The van der Waals surface area contributed by atoms with Gasteiger partial charge in [0.2, 0.25) is 5.95 Å². The fourth-order valence-corrected chi connectivity index (χ4v) is 2.94. The van der Waals surface area contributed by atoms with Crippen LogP contribution in [-0.2, 0) is 0 Å². The number of halogens is 2. The molecule has 1 aliphatic carbocycles. The Morgan fingerprint density at radius 1 is 1.24 bits per heavy atom. The van der Waals surface area contributed by atoms with Crippen molar-refractivity contribution in [3.63, 3.8) is 0 Å². The normalized spacial score (nSPS) is 13.7. The topological polar surface area (TPSA) is 78.9 Å². The van der Waals surface area contributed by atoms with Gasteiger partial charge in [-0.3, -0.25) is 4.79 Å². The summed E-state index contributed by atoms with van der Waals surface area (Å²) < 4.78 is 29.0. The molecule has 1 aliphatic rings. The van der Waals surface area contributed by atoms with Gasteiger partial charge in [-0.1, -0.05) is 37.5 Å². The average molecular weight is 452 g/mol. The van der Waals surface area contributed by atoms with E-state index in [4.69, 9.17) is 0 Å². The van der Waals surface area contributed by atoms with Crippen molar-refractivity contribution in [2.75, 3.05) is 19.0 Å². The highest BCUT2D eigenvalue weighted by Crippen LogP contribution is 2.33. The molecule has 1 aromatic carbocycles. The molecule has 0 saturated heterocycles. The SMILES string of the molecule is C=CC(=C)/C=C\C(=C/CC1CC1)Nc1ncc(F)c(-c2ccc(C(=O)NCNC)c(F)c2)n1. The Morgan fingerprint density at radius 3 is 2.70 bits per heavy atom. The number of carbonyl (C=O) groups is 1. The first-order valence-corrected chi connectivity index (χ1v) is 10.6. The molecule has 33 heavy (non-hydrogen) atoms. The molecule has 6 nitrogen and oxygen atoms in total. The van der Waals surface area contributed by atoms with Crippen molar-refractivity contribution in [1.82, 2.24) is 20.6 Å². The van der Waals surface area contributed by atoms with Crippen molar-refractivity contribution < 1.29 is 13.6 Å². The number of aromatic nitrogens is 2. The van der Waals surface area contributed by atoms with Gasteiger partial charge in [0.05, 0.1) is 18.4 Å². The zero-order valence-corrected chi connectivity index (χ0v) is 18.5. The van der Waals surface area contributed by atoms with Gasteiger partial charge in [-0.2, -0.15) is 0 Å². The van der Waals surface area contributed by atoms with Crippen molar-refractivity contribution in [1.29, 1.82) is 0 Å². The number of carbonyl (C=O) groups excluding carboxylic acids is 1. The molecule has 0 radical (unpaired) electrons. The highest BCUT2D eigenvalue weighted by molar-refractivity contribution is 5.94. The van der Waals surface area contributed by atoms with E-state index < -0.39 is 17.5 Å². The summed E-state index contributed by atoms with van der Waals surface area (Å²) in [6.07, 6.45) is 11.7. The minimum atomic E-state index is -0.774. The average Bonchev–Trinajstić information content (AvgIpc) is 3.64. The lowest BCUT2D eigenvalue weighted by atomic mass is 10.1. The van der Waals surface area contributed by atoms with Gasteiger partial charge in [-0.25, -0.2) is 18.7 Å². The van der Waals surface area contributed by atoms with Crippen LogP contribution in [0, 0.1) is 17.6 Å². The lowest BCUT2D eigenvalue weighted by Gasteiger charge is -2.10. The zero-order chi connectivity index (χ0) is 23.8. The van der Waals surface area contributed by atoms with Crippen molar-refractivity contribution in [3.8, 4) is 11.3 Å². The van der Waals surface area contributed by atoms with Crippen LogP contribution in [-0.4, -0.2) is 29.6 Å². The molecule has 172 valence electrons. The Hall–Kier alpha value is -3.65. The molecule has 0 aliphatic heterocycles. The summed E-state index contributed by atoms with van der Waals surface area (Å²) in [4.78, 5) is 20.3. The van der Waals surface area contributed by atoms with Crippen molar-refractivity contribution in [2.45, 2.75) is 19.3 Å².